The van der Waals surface area contributed by atoms with Crippen LogP contribution in [-0.4, -0.2) is 42.7 Å². The molecule has 0 aromatic heterocycles. The number of amides is 1. The van der Waals surface area contributed by atoms with Crippen LogP contribution in [-0.2, 0) is 16.6 Å². The zero-order valence-electron chi connectivity index (χ0n) is 16.4. The number of nitrogens with zero attached hydrogens (tertiary/aromatic N) is 2. The standard InChI is InChI=1S/C21H28N2O3S/c1-5-22(6-2)27(25,26)20-14-12-19(13-15-20)21(24)23(17(3)4)16-18-10-8-7-9-11-18/h7-15,17H,5-6,16H2,1-4H3. The maximum atomic E-state index is 13.0. The molecule has 0 heterocycles. The van der Waals surface area contributed by atoms with Crippen LogP contribution in [0.1, 0.15) is 43.6 Å². The average molecular weight is 389 g/mol. The van der Waals surface area contributed by atoms with Gasteiger partial charge in [0, 0.05) is 31.2 Å². The minimum Gasteiger partial charge on any atom is -0.332 e. The van der Waals surface area contributed by atoms with Crippen molar-refractivity contribution in [3.05, 3.63) is 65.7 Å². The molecule has 2 aromatic rings. The van der Waals surface area contributed by atoms with Gasteiger partial charge in [-0.25, -0.2) is 8.42 Å². The van der Waals surface area contributed by atoms with Crippen molar-refractivity contribution in [2.24, 2.45) is 0 Å². The molecule has 146 valence electrons. The SMILES string of the molecule is CCN(CC)S(=O)(=O)c1ccc(C(=O)N(Cc2ccccc2)C(C)C)cc1. The van der Waals surface area contributed by atoms with Gasteiger partial charge < -0.3 is 4.90 Å². The summed E-state index contributed by atoms with van der Waals surface area (Å²) < 4.78 is 26.6. The van der Waals surface area contributed by atoms with Crippen LogP contribution in [0.25, 0.3) is 0 Å². The van der Waals surface area contributed by atoms with Crippen molar-refractivity contribution >= 4 is 15.9 Å². The highest BCUT2D eigenvalue weighted by atomic mass is 32.2. The summed E-state index contributed by atoms with van der Waals surface area (Å²) in [4.78, 5) is 15.0. The van der Waals surface area contributed by atoms with Crippen LogP contribution in [0.15, 0.2) is 59.5 Å². The second-order valence-corrected chi connectivity index (χ2v) is 8.56. The van der Waals surface area contributed by atoms with Crippen molar-refractivity contribution in [2.75, 3.05) is 13.1 Å². The normalized spacial score (nSPS) is 11.8. The van der Waals surface area contributed by atoms with Crippen molar-refractivity contribution in [1.82, 2.24) is 9.21 Å². The average Bonchev–Trinajstić information content (AvgIpc) is 2.67. The van der Waals surface area contributed by atoms with Crippen molar-refractivity contribution in [3.63, 3.8) is 0 Å². The van der Waals surface area contributed by atoms with Crippen molar-refractivity contribution in [2.45, 2.75) is 45.2 Å². The van der Waals surface area contributed by atoms with Crippen LogP contribution in [0.2, 0.25) is 0 Å². The first kappa shape index (κ1) is 21.1. The van der Waals surface area contributed by atoms with Crippen LogP contribution >= 0.6 is 0 Å². The predicted molar refractivity (Wildman–Crippen MR) is 108 cm³/mol. The molecule has 2 aromatic carbocycles. The Morgan fingerprint density at radius 3 is 1.96 bits per heavy atom. The fraction of sp³-hybridized carbons (Fsp3) is 0.381. The number of carbonyl (C=O) groups excluding carboxylic acids is 1. The Labute approximate surface area is 162 Å². The molecule has 0 aliphatic rings. The Hall–Kier alpha value is -2.18. The molecule has 27 heavy (non-hydrogen) atoms. The zero-order valence-corrected chi connectivity index (χ0v) is 17.2. The molecule has 0 spiro atoms. The first-order chi connectivity index (χ1) is 12.8. The molecular formula is C21H28N2O3S. The predicted octanol–water partition coefficient (Wildman–Crippen LogP) is 3.77. The maximum Gasteiger partial charge on any atom is 0.254 e. The fourth-order valence-electron chi connectivity index (χ4n) is 2.92. The first-order valence-electron chi connectivity index (χ1n) is 9.26. The monoisotopic (exact) mass is 388 g/mol. The fourth-order valence-corrected chi connectivity index (χ4v) is 4.37. The highest BCUT2D eigenvalue weighted by Crippen LogP contribution is 2.18. The summed E-state index contributed by atoms with van der Waals surface area (Å²) >= 11 is 0. The van der Waals surface area contributed by atoms with Gasteiger partial charge in [0.15, 0.2) is 0 Å². The smallest absolute Gasteiger partial charge is 0.254 e. The molecular weight excluding hydrogens is 360 g/mol. The van der Waals surface area contributed by atoms with E-state index in [1.807, 2.05) is 58.0 Å². The van der Waals surface area contributed by atoms with Crippen molar-refractivity contribution < 1.29 is 13.2 Å². The first-order valence-corrected chi connectivity index (χ1v) is 10.7. The lowest BCUT2D eigenvalue weighted by atomic mass is 10.1. The Kier molecular flexibility index (Phi) is 7.16. The van der Waals surface area contributed by atoms with Gasteiger partial charge in [0.1, 0.15) is 0 Å². The summed E-state index contributed by atoms with van der Waals surface area (Å²) in [5.74, 6) is -0.111. The molecule has 0 radical (unpaired) electrons. The number of benzene rings is 2. The molecule has 0 saturated heterocycles. The minimum atomic E-state index is -3.52. The van der Waals surface area contributed by atoms with Gasteiger partial charge in [-0.2, -0.15) is 4.31 Å². The number of hydrogen-bond donors (Lipinski definition) is 0. The third kappa shape index (κ3) is 4.96. The molecule has 0 aliphatic carbocycles. The highest BCUT2D eigenvalue weighted by molar-refractivity contribution is 7.89. The van der Waals surface area contributed by atoms with E-state index in [0.29, 0.717) is 25.2 Å². The van der Waals surface area contributed by atoms with Gasteiger partial charge in [0.25, 0.3) is 5.91 Å². The number of rotatable bonds is 8. The van der Waals surface area contributed by atoms with Gasteiger partial charge >= 0.3 is 0 Å². The van der Waals surface area contributed by atoms with Crippen LogP contribution in [0.4, 0.5) is 0 Å². The lowest BCUT2D eigenvalue weighted by molar-refractivity contribution is 0.0690. The van der Waals surface area contributed by atoms with E-state index in [0.717, 1.165) is 5.56 Å². The summed E-state index contributed by atoms with van der Waals surface area (Å²) in [5, 5.41) is 0. The van der Waals surface area contributed by atoms with Crippen molar-refractivity contribution in [3.8, 4) is 0 Å². The van der Waals surface area contributed by atoms with Gasteiger partial charge in [-0.15, -0.1) is 0 Å². The Bertz CT molecular complexity index is 843. The van der Waals surface area contributed by atoms with E-state index in [1.165, 1.54) is 16.4 Å². The minimum absolute atomic E-state index is 0.0248. The molecule has 2 rings (SSSR count). The quantitative estimate of drug-likeness (QED) is 0.692. The second-order valence-electron chi connectivity index (χ2n) is 6.63. The van der Waals surface area contributed by atoms with Crippen molar-refractivity contribution in [1.29, 1.82) is 0 Å². The molecule has 0 bridgehead atoms. The molecule has 0 atom stereocenters. The molecule has 1 amide bonds. The maximum absolute atomic E-state index is 13.0. The second kappa shape index (κ2) is 9.15. The lowest BCUT2D eigenvalue weighted by Crippen LogP contribution is -2.36. The van der Waals surface area contributed by atoms with Crippen LogP contribution in [0, 0.1) is 0 Å². The van der Waals surface area contributed by atoms with Gasteiger partial charge in [-0.3, -0.25) is 4.79 Å². The number of hydrogen-bond acceptors (Lipinski definition) is 3. The van der Waals surface area contributed by atoms with Gasteiger partial charge in [-0.05, 0) is 43.7 Å². The van der Waals surface area contributed by atoms with Crippen LogP contribution < -0.4 is 0 Å². The van der Waals surface area contributed by atoms with Crippen LogP contribution in [0.5, 0.6) is 0 Å². The summed E-state index contributed by atoms with van der Waals surface area (Å²) in [7, 11) is -3.52. The molecule has 5 nitrogen and oxygen atoms in total. The number of carbonyl (C=O) groups is 1. The van der Waals surface area contributed by atoms with E-state index in [-0.39, 0.29) is 16.8 Å². The summed E-state index contributed by atoms with van der Waals surface area (Å²) in [6.45, 7) is 8.90. The zero-order chi connectivity index (χ0) is 20.0. The lowest BCUT2D eigenvalue weighted by Gasteiger charge is -2.27. The van der Waals surface area contributed by atoms with E-state index in [1.54, 1.807) is 17.0 Å². The van der Waals surface area contributed by atoms with E-state index in [2.05, 4.69) is 0 Å². The van der Waals surface area contributed by atoms with Gasteiger partial charge in [0.2, 0.25) is 10.0 Å². The largest absolute Gasteiger partial charge is 0.332 e. The van der Waals surface area contributed by atoms with Gasteiger partial charge in [-0.1, -0.05) is 44.2 Å². The number of sulfonamides is 1. The van der Waals surface area contributed by atoms with E-state index < -0.39 is 10.0 Å². The highest BCUT2D eigenvalue weighted by Gasteiger charge is 2.23. The summed E-state index contributed by atoms with van der Waals surface area (Å²) in [6, 6.07) is 16.1. The van der Waals surface area contributed by atoms with E-state index in [4.69, 9.17) is 0 Å². The van der Waals surface area contributed by atoms with E-state index in [9.17, 15) is 13.2 Å². The summed E-state index contributed by atoms with van der Waals surface area (Å²) in [6.07, 6.45) is 0. The molecule has 6 heteroatoms. The van der Waals surface area contributed by atoms with Crippen LogP contribution in [0.3, 0.4) is 0 Å². The summed E-state index contributed by atoms with van der Waals surface area (Å²) in [5.41, 5.74) is 1.54. The molecule has 0 aliphatic heterocycles. The molecule has 0 fully saturated rings. The topological polar surface area (TPSA) is 57.7 Å². The Morgan fingerprint density at radius 1 is 0.926 bits per heavy atom. The molecule has 0 saturated carbocycles. The molecule has 0 unspecified atom stereocenters. The third-order valence-electron chi connectivity index (χ3n) is 4.52. The Balaban J connectivity index is 2.25. The van der Waals surface area contributed by atoms with Gasteiger partial charge in [0.05, 0.1) is 4.90 Å². The Morgan fingerprint density at radius 2 is 1.48 bits per heavy atom. The third-order valence-corrected chi connectivity index (χ3v) is 6.59. The molecule has 0 N–H and O–H groups in total. The van der Waals surface area contributed by atoms with E-state index >= 15 is 0 Å².